The number of amides is 1. The number of hydrogen-bond acceptors (Lipinski definition) is 3. The van der Waals surface area contributed by atoms with Crippen molar-refractivity contribution in [3.63, 3.8) is 0 Å². The van der Waals surface area contributed by atoms with Gasteiger partial charge in [0.1, 0.15) is 0 Å². The van der Waals surface area contributed by atoms with Gasteiger partial charge in [0, 0.05) is 36.8 Å². The van der Waals surface area contributed by atoms with Gasteiger partial charge in [0.25, 0.3) is 0 Å². The number of H-pyrrole nitrogens is 1. The van der Waals surface area contributed by atoms with Gasteiger partial charge < -0.3 is 10.3 Å². The van der Waals surface area contributed by atoms with E-state index in [2.05, 4.69) is 22.4 Å². The molecule has 0 radical (unpaired) electrons. The Balaban J connectivity index is 1.55. The van der Waals surface area contributed by atoms with Crippen molar-refractivity contribution in [3.8, 4) is 0 Å². The molecule has 6 nitrogen and oxygen atoms in total. The van der Waals surface area contributed by atoms with E-state index in [1.54, 1.807) is 0 Å². The number of nitrogens with zero attached hydrogens (tertiary/aromatic N) is 1. The maximum atomic E-state index is 12.3. The number of rotatable bonds is 4. The van der Waals surface area contributed by atoms with Gasteiger partial charge in [0.15, 0.2) is 0 Å². The lowest BCUT2D eigenvalue weighted by atomic mass is 9.97. The van der Waals surface area contributed by atoms with Crippen LogP contribution in [-0.4, -0.2) is 43.0 Å². The maximum absolute atomic E-state index is 12.3. The van der Waals surface area contributed by atoms with Gasteiger partial charge in [0.2, 0.25) is 15.9 Å². The van der Waals surface area contributed by atoms with Gasteiger partial charge in [-0.1, -0.05) is 6.07 Å². The Labute approximate surface area is 142 Å². The summed E-state index contributed by atoms with van der Waals surface area (Å²) in [5, 5.41) is 4.12. The number of aryl methyl sites for hydroxylation is 1. The van der Waals surface area contributed by atoms with E-state index in [9.17, 15) is 13.2 Å². The van der Waals surface area contributed by atoms with E-state index in [0.29, 0.717) is 32.5 Å². The van der Waals surface area contributed by atoms with E-state index >= 15 is 0 Å². The molecule has 2 aromatic rings. The van der Waals surface area contributed by atoms with Gasteiger partial charge in [-0.3, -0.25) is 4.79 Å². The Kier molecular flexibility index (Phi) is 4.64. The first-order valence-electron chi connectivity index (χ1n) is 8.14. The van der Waals surface area contributed by atoms with Crippen LogP contribution in [0.3, 0.4) is 0 Å². The minimum atomic E-state index is -3.15. The summed E-state index contributed by atoms with van der Waals surface area (Å²) in [4.78, 5) is 15.6. The minimum Gasteiger partial charge on any atom is -0.359 e. The number of aromatic amines is 1. The van der Waals surface area contributed by atoms with Crippen molar-refractivity contribution >= 4 is 26.8 Å². The molecule has 1 amide bonds. The summed E-state index contributed by atoms with van der Waals surface area (Å²) in [6, 6.07) is 8.19. The topological polar surface area (TPSA) is 82.3 Å². The monoisotopic (exact) mass is 349 g/mol. The molecule has 0 bridgehead atoms. The molecule has 130 valence electrons. The molecular formula is C17H23N3O3S. The van der Waals surface area contributed by atoms with Crippen molar-refractivity contribution in [2.24, 2.45) is 5.92 Å². The van der Waals surface area contributed by atoms with Crippen molar-refractivity contribution in [2.75, 3.05) is 19.3 Å². The minimum absolute atomic E-state index is 0.00787. The second kappa shape index (κ2) is 6.57. The van der Waals surface area contributed by atoms with Gasteiger partial charge in [0.05, 0.1) is 6.26 Å². The quantitative estimate of drug-likeness (QED) is 0.882. The molecule has 1 aromatic carbocycles. The molecule has 0 unspecified atom stereocenters. The van der Waals surface area contributed by atoms with Crippen LogP contribution in [0.4, 0.5) is 0 Å². The van der Waals surface area contributed by atoms with Crippen LogP contribution in [0.15, 0.2) is 24.3 Å². The summed E-state index contributed by atoms with van der Waals surface area (Å²) >= 11 is 0. The molecule has 0 atom stereocenters. The predicted molar refractivity (Wildman–Crippen MR) is 94.0 cm³/mol. The lowest BCUT2D eigenvalue weighted by molar-refractivity contribution is -0.126. The summed E-state index contributed by atoms with van der Waals surface area (Å²) in [7, 11) is -3.15. The fourth-order valence-electron chi connectivity index (χ4n) is 3.22. The number of hydrogen-bond donors (Lipinski definition) is 2. The highest BCUT2D eigenvalue weighted by Crippen LogP contribution is 2.20. The van der Waals surface area contributed by atoms with E-state index in [4.69, 9.17) is 0 Å². The van der Waals surface area contributed by atoms with Crippen molar-refractivity contribution in [1.29, 1.82) is 0 Å². The molecule has 1 aliphatic rings. The molecule has 1 fully saturated rings. The van der Waals surface area contributed by atoms with E-state index in [-0.39, 0.29) is 11.8 Å². The van der Waals surface area contributed by atoms with E-state index in [0.717, 1.165) is 22.2 Å². The lowest BCUT2D eigenvalue weighted by Gasteiger charge is -2.29. The van der Waals surface area contributed by atoms with Crippen molar-refractivity contribution in [2.45, 2.75) is 26.3 Å². The van der Waals surface area contributed by atoms with Gasteiger partial charge in [-0.15, -0.1) is 0 Å². The van der Waals surface area contributed by atoms with Crippen LogP contribution in [0.5, 0.6) is 0 Å². The van der Waals surface area contributed by atoms with Crippen LogP contribution in [0.25, 0.3) is 10.9 Å². The first-order valence-corrected chi connectivity index (χ1v) is 9.99. The second-order valence-electron chi connectivity index (χ2n) is 6.53. The van der Waals surface area contributed by atoms with Crippen molar-refractivity contribution in [1.82, 2.24) is 14.6 Å². The number of piperidine rings is 1. The third-order valence-electron chi connectivity index (χ3n) is 4.58. The van der Waals surface area contributed by atoms with Crippen LogP contribution in [0.1, 0.15) is 24.1 Å². The standard InChI is InChI=1S/C17H23N3O3S/c1-12-9-15-10-13(3-4-16(15)19-12)11-18-17(21)14-5-7-20(8-6-14)24(2,22)23/h3-4,9-10,14,19H,5-8,11H2,1-2H3,(H,18,21). The normalized spacial score (nSPS) is 17.2. The number of benzene rings is 1. The van der Waals surface area contributed by atoms with E-state index in [1.165, 1.54) is 10.6 Å². The molecule has 1 aromatic heterocycles. The van der Waals surface area contributed by atoms with E-state index < -0.39 is 10.0 Å². The zero-order chi connectivity index (χ0) is 17.3. The molecule has 2 N–H and O–H groups in total. The van der Waals surface area contributed by atoms with Crippen molar-refractivity contribution < 1.29 is 13.2 Å². The summed E-state index contributed by atoms with van der Waals surface area (Å²) in [5.74, 6) is -0.102. The number of carbonyl (C=O) groups excluding carboxylic acids is 1. The first-order chi connectivity index (χ1) is 11.3. The average molecular weight is 349 g/mol. The molecule has 0 spiro atoms. The molecule has 3 rings (SSSR count). The summed E-state index contributed by atoms with van der Waals surface area (Å²) < 4.78 is 24.5. The van der Waals surface area contributed by atoms with Gasteiger partial charge in [-0.25, -0.2) is 12.7 Å². The predicted octanol–water partition coefficient (Wildman–Crippen LogP) is 1.76. The Morgan fingerprint density at radius 2 is 2.00 bits per heavy atom. The summed E-state index contributed by atoms with van der Waals surface area (Å²) in [5.41, 5.74) is 3.27. The van der Waals surface area contributed by atoms with E-state index in [1.807, 2.05) is 19.1 Å². The molecule has 1 aliphatic heterocycles. The lowest BCUT2D eigenvalue weighted by Crippen LogP contribution is -2.42. The van der Waals surface area contributed by atoms with Gasteiger partial charge >= 0.3 is 0 Å². The first kappa shape index (κ1) is 17.0. The number of nitrogens with one attached hydrogen (secondary N) is 2. The van der Waals surface area contributed by atoms with Crippen LogP contribution in [-0.2, 0) is 21.4 Å². The van der Waals surface area contributed by atoms with Crippen molar-refractivity contribution in [3.05, 3.63) is 35.5 Å². The Bertz CT molecular complexity index is 849. The fraction of sp³-hybridized carbons (Fsp3) is 0.471. The number of aromatic nitrogens is 1. The molecule has 0 aliphatic carbocycles. The smallest absolute Gasteiger partial charge is 0.223 e. The fourth-order valence-corrected chi connectivity index (χ4v) is 4.09. The number of fused-ring (bicyclic) bond motifs is 1. The maximum Gasteiger partial charge on any atom is 0.223 e. The van der Waals surface area contributed by atoms with Crippen LogP contribution in [0, 0.1) is 12.8 Å². The molecule has 7 heteroatoms. The average Bonchev–Trinajstić information content (AvgIpc) is 2.91. The zero-order valence-electron chi connectivity index (χ0n) is 14.0. The van der Waals surface area contributed by atoms with Gasteiger partial charge in [-0.2, -0.15) is 0 Å². The van der Waals surface area contributed by atoms with Crippen LogP contribution in [0.2, 0.25) is 0 Å². The second-order valence-corrected chi connectivity index (χ2v) is 8.51. The number of carbonyl (C=O) groups is 1. The number of sulfonamides is 1. The molecule has 24 heavy (non-hydrogen) atoms. The summed E-state index contributed by atoms with van der Waals surface area (Å²) in [6.07, 6.45) is 2.37. The highest BCUT2D eigenvalue weighted by Gasteiger charge is 2.28. The molecule has 0 saturated carbocycles. The third-order valence-corrected chi connectivity index (χ3v) is 5.88. The van der Waals surface area contributed by atoms with Crippen LogP contribution < -0.4 is 5.32 Å². The highest BCUT2D eigenvalue weighted by molar-refractivity contribution is 7.88. The highest BCUT2D eigenvalue weighted by atomic mass is 32.2. The Hall–Kier alpha value is -1.86. The summed E-state index contributed by atoms with van der Waals surface area (Å²) in [6.45, 7) is 3.35. The molecule has 2 heterocycles. The molecular weight excluding hydrogens is 326 g/mol. The SMILES string of the molecule is Cc1cc2cc(CNC(=O)C3CCN(S(C)(=O)=O)CC3)ccc2[nH]1. The zero-order valence-corrected chi connectivity index (χ0v) is 14.8. The molecule has 1 saturated heterocycles. The Morgan fingerprint density at radius 1 is 1.29 bits per heavy atom. The third kappa shape index (κ3) is 3.79. The van der Waals surface area contributed by atoms with Crippen LogP contribution >= 0.6 is 0 Å². The Morgan fingerprint density at radius 3 is 2.67 bits per heavy atom. The largest absolute Gasteiger partial charge is 0.359 e. The van der Waals surface area contributed by atoms with Gasteiger partial charge in [-0.05, 0) is 48.9 Å².